The van der Waals surface area contributed by atoms with Gasteiger partial charge in [-0.25, -0.2) is 12.0 Å². The number of aliphatic carboxylic acids is 2. The summed E-state index contributed by atoms with van der Waals surface area (Å²) < 4.78 is 0. The zero-order valence-electron chi connectivity index (χ0n) is 15.3. The molecule has 0 aliphatic heterocycles. The number of carbonyl (C=O) groups is 2. The molecule has 0 aromatic rings. The molecule has 3 aliphatic rings. The van der Waals surface area contributed by atoms with E-state index in [1.54, 1.807) is 22.3 Å². The van der Waals surface area contributed by atoms with Gasteiger partial charge in [0.2, 0.25) is 0 Å². The van der Waals surface area contributed by atoms with Crippen molar-refractivity contribution >= 4 is 11.9 Å². The molecule has 0 heterocycles. The topological polar surface area (TPSA) is 74.6 Å². The fourth-order valence-electron chi connectivity index (χ4n) is 3.51. The number of carboxylic acids is 2. The van der Waals surface area contributed by atoms with Gasteiger partial charge in [-0.1, -0.05) is 31.8 Å². The van der Waals surface area contributed by atoms with Gasteiger partial charge in [-0.05, 0) is 25.2 Å². The van der Waals surface area contributed by atoms with Crippen molar-refractivity contribution in [2.75, 3.05) is 0 Å². The van der Waals surface area contributed by atoms with Crippen molar-refractivity contribution in [2.24, 2.45) is 5.92 Å². The Labute approximate surface area is 161 Å². The maximum Gasteiger partial charge on any atom is 2.00 e. The Kier molecular flexibility index (Phi) is 13.0. The van der Waals surface area contributed by atoms with Crippen molar-refractivity contribution in [3.8, 4) is 0 Å². The Morgan fingerprint density at radius 1 is 0.958 bits per heavy atom. The molecule has 24 heavy (non-hydrogen) atoms. The Balaban J connectivity index is 0. The van der Waals surface area contributed by atoms with Crippen LogP contribution in [0.3, 0.4) is 0 Å². The van der Waals surface area contributed by atoms with Crippen LogP contribution in [0.25, 0.3) is 0 Å². The summed E-state index contributed by atoms with van der Waals surface area (Å²) in [5.41, 5.74) is 7.07. The van der Waals surface area contributed by atoms with Gasteiger partial charge < -0.3 is 17.6 Å². The molecule has 3 aliphatic carbocycles. The number of carboxylic acid groups (broad SMARTS) is 2. The summed E-state index contributed by atoms with van der Waals surface area (Å²) in [4.78, 5) is 18.0. The molecule has 0 bridgehead atoms. The van der Waals surface area contributed by atoms with Crippen LogP contribution in [0.4, 0.5) is 0 Å². The van der Waals surface area contributed by atoms with Gasteiger partial charge in [0.05, 0.1) is 0 Å². The maximum absolute atomic E-state index is 9.00. The van der Waals surface area contributed by atoms with Crippen LogP contribution in [0.15, 0.2) is 22.3 Å². The van der Waals surface area contributed by atoms with Gasteiger partial charge in [-0.2, -0.15) is 5.57 Å². The molecule has 4 nitrogen and oxygen atoms in total. The van der Waals surface area contributed by atoms with E-state index in [-0.39, 0.29) is 29.1 Å². The van der Waals surface area contributed by atoms with Crippen LogP contribution >= 0.6 is 0 Å². The van der Waals surface area contributed by atoms with E-state index in [4.69, 9.17) is 19.8 Å². The minimum absolute atomic E-state index is 0. The normalized spacial score (nSPS) is 20.4. The van der Waals surface area contributed by atoms with Gasteiger partial charge in [0.25, 0.3) is 11.9 Å². The van der Waals surface area contributed by atoms with Gasteiger partial charge in [0.15, 0.2) is 0 Å². The second-order valence-corrected chi connectivity index (χ2v) is 6.00. The molecule has 3 rings (SSSR count). The van der Waals surface area contributed by atoms with Crippen molar-refractivity contribution in [1.29, 1.82) is 0 Å². The molecule has 0 amide bonds. The first-order valence-electron chi connectivity index (χ1n) is 8.02. The van der Waals surface area contributed by atoms with Gasteiger partial charge in [-0.3, -0.25) is 9.59 Å². The van der Waals surface area contributed by atoms with E-state index in [9.17, 15) is 0 Å². The van der Waals surface area contributed by atoms with Crippen LogP contribution in [0.5, 0.6) is 0 Å². The van der Waals surface area contributed by atoms with Crippen molar-refractivity contribution in [1.82, 2.24) is 0 Å². The van der Waals surface area contributed by atoms with Crippen LogP contribution in [0, 0.1) is 19.8 Å². The molecule has 134 valence electrons. The molecular weight excluding hydrogens is 340 g/mol. The minimum Gasteiger partial charge on any atom is -0.481 e. The summed E-state index contributed by atoms with van der Waals surface area (Å²) in [6.07, 6.45) is 12.2. The Morgan fingerprint density at radius 3 is 1.96 bits per heavy atom. The average molecular weight is 370 g/mol. The van der Waals surface area contributed by atoms with Crippen molar-refractivity contribution < 1.29 is 41.5 Å². The number of rotatable bonds is 0. The summed E-state index contributed by atoms with van der Waals surface area (Å²) in [6, 6.07) is 0. The SMILES string of the molecule is CC(=O)O.CC(=O)O.CC1C2=C(CCC[CH-]2)C2=C1CCCC2.[CH3-].[Ti+2]. The molecule has 0 fully saturated rings. The van der Waals surface area contributed by atoms with Crippen LogP contribution in [-0.2, 0) is 31.3 Å². The van der Waals surface area contributed by atoms with E-state index in [2.05, 4.69) is 13.3 Å². The van der Waals surface area contributed by atoms with E-state index in [1.165, 1.54) is 44.9 Å². The number of allylic oxidation sites excluding steroid dienone is 4. The minimum atomic E-state index is -0.833. The van der Waals surface area contributed by atoms with Gasteiger partial charge in [0.1, 0.15) is 0 Å². The third kappa shape index (κ3) is 7.72. The van der Waals surface area contributed by atoms with Gasteiger partial charge >= 0.3 is 21.7 Å². The summed E-state index contributed by atoms with van der Waals surface area (Å²) >= 11 is 0. The summed E-state index contributed by atoms with van der Waals surface area (Å²) in [6.45, 7) is 4.59. The largest absolute Gasteiger partial charge is 2.00 e. The average Bonchev–Trinajstić information content (AvgIpc) is 2.73. The van der Waals surface area contributed by atoms with Crippen LogP contribution in [-0.4, -0.2) is 22.2 Å². The third-order valence-corrected chi connectivity index (χ3v) is 4.21. The summed E-state index contributed by atoms with van der Waals surface area (Å²) in [7, 11) is 0. The second-order valence-electron chi connectivity index (χ2n) is 6.00. The van der Waals surface area contributed by atoms with Gasteiger partial charge in [-0.15, -0.1) is 12.0 Å². The predicted octanol–water partition coefficient (Wildman–Crippen LogP) is 4.82. The molecule has 0 spiro atoms. The predicted molar refractivity (Wildman–Crippen MR) is 92.9 cm³/mol. The Bertz CT molecular complexity index is 440. The molecule has 0 radical (unpaired) electrons. The van der Waals surface area contributed by atoms with E-state index >= 15 is 0 Å². The Morgan fingerprint density at radius 2 is 1.42 bits per heavy atom. The fourth-order valence-corrected chi connectivity index (χ4v) is 3.51. The number of fused-ring (bicyclic) bond motifs is 1. The van der Waals surface area contributed by atoms with E-state index in [1.807, 2.05) is 0 Å². The first kappa shape index (κ1) is 25.2. The molecule has 0 aromatic heterocycles. The molecular formula is C19H30O4Ti. The third-order valence-electron chi connectivity index (χ3n) is 4.21. The van der Waals surface area contributed by atoms with E-state index in [0.717, 1.165) is 19.8 Å². The first-order chi connectivity index (χ1) is 10.3. The van der Waals surface area contributed by atoms with E-state index in [0.29, 0.717) is 0 Å². The zero-order valence-corrected chi connectivity index (χ0v) is 16.9. The Hall–Kier alpha value is -0.996. The van der Waals surface area contributed by atoms with Crippen LogP contribution in [0.2, 0.25) is 0 Å². The quantitative estimate of drug-likeness (QED) is 0.474. The fraction of sp³-hybridized carbons (Fsp3) is 0.579. The van der Waals surface area contributed by atoms with Crippen molar-refractivity contribution in [3.05, 3.63) is 36.1 Å². The summed E-state index contributed by atoms with van der Waals surface area (Å²) in [5.74, 6) is -0.888. The molecule has 5 heteroatoms. The van der Waals surface area contributed by atoms with E-state index < -0.39 is 11.9 Å². The van der Waals surface area contributed by atoms with Crippen LogP contribution in [0.1, 0.15) is 65.7 Å². The summed E-state index contributed by atoms with van der Waals surface area (Å²) in [5, 5.41) is 14.8. The molecule has 0 saturated heterocycles. The molecule has 0 aromatic carbocycles. The first-order valence-corrected chi connectivity index (χ1v) is 8.02. The number of hydrogen-bond donors (Lipinski definition) is 2. The smallest absolute Gasteiger partial charge is 0.481 e. The molecule has 0 saturated carbocycles. The maximum atomic E-state index is 9.00. The van der Waals surface area contributed by atoms with Gasteiger partial charge in [0, 0.05) is 13.8 Å². The van der Waals surface area contributed by atoms with Crippen molar-refractivity contribution in [2.45, 2.75) is 65.7 Å². The van der Waals surface area contributed by atoms with Crippen LogP contribution < -0.4 is 0 Å². The number of hydrogen-bond acceptors (Lipinski definition) is 2. The standard InChI is InChI=1S/C14H19.2C2H4O2.CH3.Ti/c1-10-11-6-2-4-8-13(11)14-9-5-3-7-12(10)14;2*1-2(3)4;;/h6,10H,2-5,7-9H2,1H3;2*1H3,(H,3,4);1H3;/q-1;;;-1;+2. The molecule has 2 N–H and O–H groups in total. The second kappa shape index (κ2) is 12.4. The zero-order chi connectivity index (χ0) is 16.7. The molecule has 1 unspecified atom stereocenters. The monoisotopic (exact) mass is 370 g/mol. The van der Waals surface area contributed by atoms with Crippen molar-refractivity contribution in [3.63, 3.8) is 0 Å². The molecule has 1 atom stereocenters.